The van der Waals surface area contributed by atoms with Gasteiger partial charge in [-0.05, 0) is 24.1 Å². The van der Waals surface area contributed by atoms with Crippen molar-refractivity contribution in [2.45, 2.75) is 26.3 Å². The highest BCUT2D eigenvalue weighted by Crippen LogP contribution is 2.10. The van der Waals surface area contributed by atoms with E-state index in [1.54, 1.807) is 0 Å². The zero-order valence-electron chi connectivity index (χ0n) is 12.1. The van der Waals surface area contributed by atoms with Gasteiger partial charge >= 0.3 is 0 Å². The summed E-state index contributed by atoms with van der Waals surface area (Å²) in [6.07, 6.45) is 1.43. The maximum Gasteiger partial charge on any atom is 0.224 e. The molecule has 1 aromatic rings. The third-order valence-corrected chi connectivity index (χ3v) is 3.22. The molecule has 0 saturated heterocycles. The van der Waals surface area contributed by atoms with Crippen molar-refractivity contribution in [1.29, 1.82) is 0 Å². The minimum Gasteiger partial charge on any atom is -0.352 e. The first-order valence-corrected chi connectivity index (χ1v) is 7.07. The Balaban J connectivity index is 1.83. The van der Waals surface area contributed by atoms with E-state index in [1.807, 2.05) is 38.2 Å². The Kier molecular flexibility index (Phi) is 4.98. The summed E-state index contributed by atoms with van der Waals surface area (Å²) >= 11 is 0. The number of anilines is 1. The Morgan fingerprint density at radius 3 is 2.70 bits per heavy atom. The minimum absolute atomic E-state index is 0.0697. The molecule has 0 radical (unpaired) electrons. The summed E-state index contributed by atoms with van der Waals surface area (Å²) in [6.45, 7) is 4.58. The molecule has 1 aliphatic rings. The number of carbonyl (C=O) groups is 1. The van der Waals surface area contributed by atoms with Gasteiger partial charge in [-0.3, -0.25) is 9.79 Å². The number of aliphatic imine (C=N–C) groups is 1. The van der Waals surface area contributed by atoms with Gasteiger partial charge in [0.1, 0.15) is 0 Å². The van der Waals surface area contributed by atoms with Gasteiger partial charge in [0, 0.05) is 32.2 Å². The van der Waals surface area contributed by atoms with Crippen molar-refractivity contribution in [1.82, 2.24) is 10.2 Å². The first-order valence-electron chi connectivity index (χ1n) is 7.07. The second kappa shape index (κ2) is 6.93. The summed E-state index contributed by atoms with van der Waals surface area (Å²) in [5, 5.41) is 6.20. The molecule has 0 aliphatic carbocycles. The number of benzene rings is 1. The Morgan fingerprint density at radius 1 is 1.35 bits per heavy atom. The van der Waals surface area contributed by atoms with Crippen LogP contribution in [-0.4, -0.2) is 36.9 Å². The van der Waals surface area contributed by atoms with E-state index < -0.39 is 0 Å². The summed E-state index contributed by atoms with van der Waals surface area (Å²) in [6, 6.07) is 7.91. The molecule has 108 valence electrons. The molecule has 0 bridgehead atoms. The predicted octanol–water partition coefficient (Wildman–Crippen LogP) is 1.82. The van der Waals surface area contributed by atoms with Crippen LogP contribution in [-0.2, 0) is 11.3 Å². The van der Waals surface area contributed by atoms with Crippen molar-refractivity contribution in [3.63, 3.8) is 0 Å². The van der Waals surface area contributed by atoms with Crippen LogP contribution in [0.3, 0.4) is 0 Å². The molecule has 0 aromatic heterocycles. The van der Waals surface area contributed by atoms with Gasteiger partial charge in [-0.1, -0.05) is 19.1 Å². The number of nitrogens with one attached hydrogen (secondary N) is 2. The lowest BCUT2D eigenvalue weighted by molar-refractivity contribution is -0.116. The first-order chi connectivity index (χ1) is 9.69. The third kappa shape index (κ3) is 3.98. The molecule has 0 saturated carbocycles. The van der Waals surface area contributed by atoms with Crippen LogP contribution < -0.4 is 10.6 Å². The highest BCUT2D eigenvalue weighted by Gasteiger charge is 2.11. The zero-order chi connectivity index (χ0) is 14.4. The van der Waals surface area contributed by atoms with Crippen molar-refractivity contribution < 1.29 is 4.79 Å². The van der Waals surface area contributed by atoms with E-state index in [1.165, 1.54) is 5.56 Å². The maximum absolute atomic E-state index is 11.5. The number of hydrogen-bond donors (Lipinski definition) is 2. The molecule has 2 rings (SSSR count). The molecule has 0 atom stereocenters. The summed E-state index contributed by atoms with van der Waals surface area (Å²) in [5.41, 5.74) is 2.02. The van der Waals surface area contributed by atoms with E-state index in [0.717, 1.165) is 37.7 Å². The second-order valence-electron chi connectivity index (χ2n) is 4.98. The Labute approximate surface area is 120 Å². The molecular formula is C15H22N4O. The normalized spacial score (nSPS) is 14.1. The number of hydrogen-bond acceptors (Lipinski definition) is 4. The van der Waals surface area contributed by atoms with Crippen LogP contribution in [0.2, 0.25) is 0 Å². The van der Waals surface area contributed by atoms with Gasteiger partial charge in [-0.25, -0.2) is 0 Å². The maximum atomic E-state index is 11.5. The van der Waals surface area contributed by atoms with Crippen LogP contribution in [0.5, 0.6) is 0 Å². The van der Waals surface area contributed by atoms with Crippen LogP contribution >= 0.6 is 0 Å². The Hall–Kier alpha value is -2.04. The quantitative estimate of drug-likeness (QED) is 0.861. The van der Waals surface area contributed by atoms with E-state index in [0.29, 0.717) is 6.42 Å². The zero-order valence-corrected chi connectivity index (χ0v) is 12.1. The van der Waals surface area contributed by atoms with Crippen LogP contribution in [0, 0.1) is 0 Å². The fraction of sp³-hybridized carbons (Fsp3) is 0.467. The number of carbonyl (C=O) groups excluding carboxylic acids is 1. The number of likely N-dealkylation sites (N-methyl/N-ethyl adjacent to an activating group) is 1. The monoisotopic (exact) mass is 274 g/mol. The topological polar surface area (TPSA) is 56.7 Å². The van der Waals surface area contributed by atoms with Crippen LogP contribution in [0.1, 0.15) is 25.3 Å². The van der Waals surface area contributed by atoms with Gasteiger partial charge in [0.05, 0.1) is 6.54 Å². The number of rotatable bonds is 5. The standard InChI is InChI=1S/C15H22N4O/c1-3-4-14(20)18-13-7-5-12(6-8-13)11-17-15-16-9-10-19(15)2/h5-8H,3-4,9-11H2,1-2H3,(H,16,17)(H,18,20). The van der Waals surface area contributed by atoms with E-state index in [-0.39, 0.29) is 5.91 Å². The SMILES string of the molecule is CCCC(=O)Nc1ccc(CNC2=NCCN2C)cc1. The lowest BCUT2D eigenvalue weighted by atomic mass is 10.2. The van der Waals surface area contributed by atoms with Crippen LogP contribution in [0.4, 0.5) is 5.69 Å². The third-order valence-electron chi connectivity index (χ3n) is 3.22. The van der Waals surface area contributed by atoms with Gasteiger partial charge in [-0.2, -0.15) is 0 Å². The Morgan fingerprint density at radius 2 is 2.10 bits per heavy atom. The highest BCUT2D eigenvalue weighted by atomic mass is 16.1. The van der Waals surface area contributed by atoms with E-state index in [4.69, 9.17) is 0 Å². The molecule has 1 aliphatic heterocycles. The van der Waals surface area contributed by atoms with E-state index >= 15 is 0 Å². The molecule has 5 nitrogen and oxygen atoms in total. The fourth-order valence-electron chi connectivity index (χ4n) is 2.06. The highest BCUT2D eigenvalue weighted by molar-refractivity contribution is 5.90. The van der Waals surface area contributed by atoms with Gasteiger partial charge in [0.25, 0.3) is 0 Å². The van der Waals surface area contributed by atoms with E-state index in [9.17, 15) is 4.79 Å². The number of amides is 1. The van der Waals surface area contributed by atoms with Crippen molar-refractivity contribution >= 4 is 17.6 Å². The average molecular weight is 274 g/mol. The molecule has 1 aromatic carbocycles. The molecule has 0 fully saturated rings. The molecule has 1 heterocycles. The van der Waals surface area contributed by atoms with Crippen LogP contribution in [0.25, 0.3) is 0 Å². The van der Waals surface area contributed by atoms with Crippen molar-refractivity contribution in [2.24, 2.45) is 4.99 Å². The van der Waals surface area contributed by atoms with Crippen molar-refractivity contribution in [3.8, 4) is 0 Å². The minimum atomic E-state index is 0.0697. The fourth-order valence-corrected chi connectivity index (χ4v) is 2.06. The summed E-state index contributed by atoms with van der Waals surface area (Å²) in [5.74, 6) is 1.02. The Bertz CT molecular complexity index is 481. The molecular weight excluding hydrogens is 252 g/mol. The molecule has 1 amide bonds. The second-order valence-corrected chi connectivity index (χ2v) is 4.98. The lowest BCUT2D eigenvalue weighted by Crippen LogP contribution is -2.35. The first kappa shape index (κ1) is 14.4. The number of guanidine groups is 1. The molecule has 0 unspecified atom stereocenters. The van der Waals surface area contributed by atoms with Gasteiger partial charge in [0.2, 0.25) is 5.91 Å². The van der Waals surface area contributed by atoms with Crippen molar-refractivity contribution in [2.75, 3.05) is 25.5 Å². The van der Waals surface area contributed by atoms with Gasteiger partial charge < -0.3 is 15.5 Å². The smallest absolute Gasteiger partial charge is 0.224 e. The average Bonchev–Trinajstić information content (AvgIpc) is 2.84. The van der Waals surface area contributed by atoms with Gasteiger partial charge in [0.15, 0.2) is 5.96 Å². The summed E-state index contributed by atoms with van der Waals surface area (Å²) in [4.78, 5) is 18.0. The van der Waals surface area contributed by atoms with E-state index in [2.05, 4.69) is 20.5 Å². The van der Waals surface area contributed by atoms with Gasteiger partial charge in [-0.15, -0.1) is 0 Å². The summed E-state index contributed by atoms with van der Waals surface area (Å²) < 4.78 is 0. The largest absolute Gasteiger partial charge is 0.352 e. The predicted molar refractivity (Wildman–Crippen MR) is 81.8 cm³/mol. The van der Waals surface area contributed by atoms with Crippen LogP contribution in [0.15, 0.2) is 29.3 Å². The molecule has 0 spiro atoms. The summed E-state index contributed by atoms with van der Waals surface area (Å²) in [7, 11) is 2.03. The molecule has 20 heavy (non-hydrogen) atoms. The van der Waals surface area contributed by atoms with Crippen molar-refractivity contribution in [3.05, 3.63) is 29.8 Å². The molecule has 5 heteroatoms. The molecule has 2 N–H and O–H groups in total. The number of nitrogens with zero attached hydrogens (tertiary/aromatic N) is 2. The lowest BCUT2D eigenvalue weighted by Gasteiger charge is -2.15.